The van der Waals surface area contributed by atoms with Crippen LogP contribution in [0.1, 0.15) is 30.5 Å². The van der Waals surface area contributed by atoms with Gasteiger partial charge in [0.25, 0.3) is 5.56 Å². The number of hydrogen-bond donors (Lipinski definition) is 0. The lowest BCUT2D eigenvalue weighted by atomic mass is 9.95. The summed E-state index contributed by atoms with van der Waals surface area (Å²) in [7, 11) is 1.32. The zero-order chi connectivity index (χ0) is 25.1. The summed E-state index contributed by atoms with van der Waals surface area (Å²) < 4.78 is 12.6. The summed E-state index contributed by atoms with van der Waals surface area (Å²) in [6.07, 6.45) is 7.47. The zero-order valence-electron chi connectivity index (χ0n) is 18.9. The van der Waals surface area contributed by atoms with Crippen LogP contribution in [0.25, 0.3) is 6.08 Å². The number of thiazole rings is 1. The van der Waals surface area contributed by atoms with E-state index in [4.69, 9.17) is 39.1 Å². The highest BCUT2D eigenvalue weighted by atomic mass is 35.5. The van der Waals surface area contributed by atoms with Gasteiger partial charge >= 0.3 is 5.97 Å². The minimum Gasteiger partial charge on any atom is -0.479 e. The van der Waals surface area contributed by atoms with Crippen LogP contribution in [-0.2, 0) is 9.53 Å². The van der Waals surface area contributed by atoms with Crippen molar-refractivity contribution in [3.05, 3.63) is 94.6 Å². The lowest BCUT2D eigenvalue weighted by molar-refractivity contribution is -0.136. The third-order valence-electron chi connectivity index (χ3n) is 5.39. The average molecular weight is 527 g/mol. The minimum absolute atomic E-state index is 0.000200. The van der Waals surface area contributed by atoms with Crippen molar-refractivity contribution in [2.24, 2.45) is 4.99 Å². The number of benzene rings is 2. The number of halogens is 2. The van der Waals surface area contributed by atoms with E-state index in [0.717, 1.165) is 5.56 Å². The van der Waals surface area contributed by atoms with Crippen LogP contribution in [0.5, 0.6) is 5.75 Å². The topological polar surface area (TPSA) is 69.9 Å². The molecule has 9 heteroatoms. The molecule has 0 amide bonds. The largest absolute Gasteiger partial charge is 0.479 e. The highest BCUT2D eigenvalue weighted by Crippen LogP contribution is 2.34. The van der Waals surface area contributed by atoms with Crippen molar-refractivity contribution in [1.82, 2.24) is 4.57 Å². The molecule has 1 aromatic heterocycles. The van der Waals surface area contributed by atoms with Crippen LogP contribution in [0.3, 0.4) is 0 Å². The number of ether oxygens (including phenoxy) is 2. The van der Waals surface area contributed by atoms with Crippen LogP contribution in [-0.4, -0.2) is 24.3 Å². The maximum Gasteiger partial charge on any atom is 0.338 e. The fourth-order valence-electron chi connectivity index (χ4n) is 3.91. The fourth-order valence-corrected chi connectivity index (χ4v) is 5.48. The Morgan fingerprint density at radius 1 is 1.29 bits per heavy atom. The standard InChI is InChI=1S/C26H20Cl2N2O4S/c1-4-11-34-23-16(12-17(27)14-18(23)28)13-20-24(31)30-22(15-9-7-6-8-10-15)21(25(32)33-3)19(5-2)29-26(30)35-20/h1,6-10,12-14,22H,5,11H2,2-3H3/b20-13+/t22-/m1/s1. The van der Waals surface area contributed by atoms with Gasteiger partial charge in [-0.1, -0.05) is 77.7 Å². The van der Waals surface area contributed by atoms with Crippen molar-refractivity contribution < 1.29 is 14.3 Å². The Kier molecular flexibility index (Phi) is 7.46. The summed E-state index contributed by atoms with van der Waals surface area (Å²) in [6.45, 7) is 1.90. The molecule has 2 aromatic carbocycles. The third-order valence-corrected chi connectivity index (χ3v) is 6.87. The monoisotopic (exact) mass is 526 g/mol. The number of carbonyl (C=O) groups is 1. The van der Waals surface area contributed by atoms with Crippen molar-refractivity contribution in [3.8, 4) is 18.1 Å². The van der Waals surface area contributed by atoms with E-state index in [1.807, 2.05) is 37.3 Å². The van der Waals surface area contributed by atoms with E-state index in [-0.39, 0.29) is 17.2 Å². The number of methoxy groups -OCH3 is 1. The molecule has 0 aliphatic carbocycles. The lowest BCUT2D eigenvalue weighted by Gasteiger charge is -2.25. The predicted octanol–water partition coefficient (Wildman–Crippen LogP) is 4.12. The Morgan fingerprint density at radius 3 is 2.69 bits per heavy atom. The van der Waals surface area contributed by atoms with Crippen LogP contribution < -0.4 is 19.6 Å². The number of fused-ring (bicyclic) bond motifs is 1. The smallest absolute Gasteiger partial charge is 0.338 e. The van der Waals surface area contributed by atoms with Gasteiger partial charge in [0.05, 0.1) is 34.0 Å². The summed E-state index contributed by atoms with van der Waals surface area (Å²) in [6, 6.07) is 11.8. The molecule has 4 rings (SSSR count). The van der Waals surface area contributed by atoms with Crippen LogP contribution in [0.4, 0.5) is 0 Å². The van der Waals surface area contributed by atoms with E-state index in [1.54, 1.807) is 18.2 Å². The average Bonchev–Trinajstić information content (AvgIpc) is 3.16. The maximum atomic E-state index is 13.7. The minimum atomic E-state index is -0.683. The first-order chi connectivity index (χ1) is 16.9. The van der Waals surface area contributed by atoms with Crippen LogP contribution in [0.2, 0.25) is 10.0 Å². The molecular formula is C26H20Cl2N2O4S. The van der Waals surface area contributed by atoms with Crippen LogP contribution in [0, 0.1) is 12.3 Å². The summed E-state index contributed by atoms with van der Waals surface area (Å²) in [5, 5.41) is 0.653. The molecule has 0 unspecified atom stereocenters. The molecule has 1 aliphatic rings. The van der Waals surface area contributed by atoms with Crippen molar-refractivity contribution in [2.45, 2.75) is 19.4 Å². The number of carbonyl (C=O) groups excluding carboxylic acids is 1. The Hall–Kier alpha value is -3.31. The molecule has 2 heterocycles. The molecule has 6 nitrogen and oxygen atoms in total. The Balaban J connectivity index is 2.00. The van der Waals surface area contributed by atoms with Crippen molar-refractivity contribution >= 4 is 46.6 Å². The Labute approximate surface area is 215 Å². The number of hydrogen-bond acceptors (Lipinski definition) is 6. The molecule has 0 radical (unpaired) electrons. The van der Waals surface area contributed by atoms with Gasteiger partial charge < -0.3 is 9.47 Å². The highest BCUT2D eigenvalue weighted by Gasteiger charge is 2.33. The summed E-state index contributed by atoms with van der Waals surface area (Å²) in [5.41, 5.74) is 1.86. The fraction of sp³-hybridized carbons (Fsp3) is 0.192. The van der Waals surface area contributed by atoms with E-state index >= 15 is 0 Å². The molecule has 1 atom stereocenters. The van der Waals surface area contributed by atoms with Gasteiger partial charge in [-0.3, -0.25) is 9.36 Å². The highest BCUT2D eigenvalue weighted by molar-refractivity contribution is 7.07. The lowest BCUT2D eigenvalue weighted by Crippen LogP contribution is -2.40. The molecule has 0 bridgehead atoms. The van der Waals surface area contributed by atoms with Gasteiger partial charge in [0.2, 0.25) is 0 Å². The Bertz CT molecular complexity index is 1550. The molecule has 0 spiro atoms. The van der Waals surface area contributed by atoms with Gasteiger partial charge in [-0.15, -0.1) is 6.42 Å². The van der Waals surface area contributed by atoms with Gasteiger partial charge in [-0.05, 0) is 30.2 Å². The van der Waals surface area contributed by atoms with Gasteiger partial charge in [0, 0.05) is 10.6 Å². The first kappa shape index (κ1) is 24.8. The number of rotatable bonds is 6. The van der Waals surface area contributed by atoms with E-state index in [2.05, 4.69) is 10.9 Å². The second kappa shape index (κ2) is 10.5. The van der Waals surface area contributed by atoms with Crippen molar-refractivity contribution in [3.63, 3.8) is 0 Å². The predicted molar refractivity (Wildman–Crippen MR) is 138 cm³/mol. The molecule has 0 saturated heterocycles. The van der Waals surface area contributed by atoms with Gasteiger partial charge in [-0.2, -0.15) is 0 Å². The summed E-state index contributed by atoms with van der Waals surface area (Å²) in [5.74, 6) is 2.20. The number of nitrogens with zero attached hydrogens (tertiary/aromatic N) is 2. The van der Waals surface area contributed by atoms with E-state index in [1.165, 1.54) is 23.0 Å². The normalized spacial score (nSPS) is 15.3. The van der Waals surface area contributed by atoms with Crippen molar-refractivity contribution in [1.29, 1.82) is 0 Å². The maximum absolute atomic E-state index is 13.7. The number of esters is 1. The molecule has 3 aromatic rings. The first-order valence-electron chi connectivity index (χ1n) is 10.6. The van der Waals surface area contributed by atoms with E-state index < -0.39 is 12.0 Å². The number of aromatic nitrogens is 1. The second-order valence-electron chi connectivity index (χ2n) is 7.50. The number of allylic oxidation sites excluding steroid dienone is 1. The summed E-state index contributed by atoms with van der Waals surface area (Å²) in [4.78, 5) is 31.7. The molecule has 0 fully saturated rings. The first-order valence-corrected chi connectivity index (χ1v) is 12.2. The van der Waals surface area contributed by atoms with Crippen LogP contribution in [0.15, 0.2) is 63.5 Å². The molecule has 1 aliphatic heterocycles. The van der Waals surface area contributed by atoms with Gasteiger partial charge in [0.1, 0.15) is 12.4 Å². The van der Waals surface area contributed by atoms with Gasteiger partial charge in [0.15, 0.2) is 4.80 Å². The quantitative estimate of drug-likeness (QED) is 0.358. The van der Waals surface area contributed by atoms with E-state index in [0.29, 0.717) is 43.4 Å². The Morgan fingerprint density at radius 2 is 2.03 bits per heavy atom. The summed E-state index contributed by atoms with van der Waals surface area (Å²) >= 11 is 13.8. The molecule has 178 valence electrons. The van der Waals surface area contributed by atoms with Gasteiger partial charge in [-0.25, -0.2) is 9.79 Å². The van der Waals surface area contributed by atoms with E-state index in [9.17, 15) is 9.59 Å². The molecule has 0 saturated carbocycles. The SMILES string of the molecule is C#CCOc1c(Cl)cc(Cl)cc1/C=c1/sc2n(c1=O)[C@H](c1ccccc1)C(C(=O)OC)=C(CC)N=2. The molecular weight excluding hydrogens is 507 g/mol. The second-order valence-corrected chi connectivity index (χ2v) is 9.35. The van der Waals surface area contributed by atoms with Crippen LogP contribution >= 0.6 is 34.5 Å². The number of terminal acetylenes is 1. The molecule has 35 heavy (non-hydrogen) atoms. The molecule has 0 N–H and O–H groups in total. The van der Waals surface area contributed by atoms with Crippen molar-refractivity contribution in [2.75, 3.05) is 13.7 Å². The zero-order valence-corrected chi connectivity index (χ0v) is 21.2. The third kappa shape index (κ3) is 4.78.